The summed E-state index contributed by atoms with van der Waals surface area (Å²) >= 11 is 0. The van der Waals surface area contributed by atoms with Crippen LogP contribution in [0.15, 0.2) is 36.5 Å². The van der Waals surface area contributed by atoms with Gasteiger partial charge < -0.3 is 5.73 Å². The van der Waals surface area contributed by atoms with E-state index in [1.165, 1.54) is 0 Å². The van der Waals surface area contributed by atoms with Crippen LogP contribution in [0.25, 0.3) is 17.2 Å². The first-order chi connectivity index (χ1) is 7.84. The molecule has 16 heavy (non-hydrogen) atoms. The number of pyridine rings is 1. The lowest BCUT2D eigenvalue weighted by Gasteiger charge is -1.98. The molecule has 2 N–H and O–H groups in total. The van der Waals surface area contributed by atoms with Crippen LogP contribution >= 0.6 is 0 Å². The second kappa shape index (κ2) is 3.27. The largest absolute Gasteiger partial charge is 0.384 e. The molecule has 0 aromatic carbocycles. The Labute approximate surface area is 90.8 Å². The molecule has 0 atom stereocenters. The molecule has 3 aromatic rings. The lowest BCUT2D eigenvalue weighted by Crippen LogP contribution is -1.97. The molecule has 78 valence electrons. The minimum Gasteiger partial charge on any atom is -0.384 e. The number of fused-ring (bicyclic) bond motifs is 1. The summed E-state index contributed by atoms with van der Waals surface area (Å²) in [5.74, 6) is 1.04. The van der Waals surface area contributed by atoms with E-state index in [1.807, 2.05) is 18.2 Å². The first-order valence-corrected chi connectivity index (χ1v) is 4.74. The lowest BCUT2D eigenvalue weighted by atomic mass is 10.3. The summed E-state index contributed by atoms with van der Waals surface area (Å²) in [6.07, 6.45) is 1.67. The van der Waals surface area contributed by atoms with Crippen molar-refractivity contribution in [3.05, 3.63) is 36.5 Å². The average molecular weight is 212 g/mol. The van der Waals surface area contributed by atoms with Gasteiger partial charge in [0.15, 0.2) is 5.65 Å². The van der Waals surface area contributed by atoms with Crippen molar-refractivity contribution < 1.29 is 0 Å². The molecular formula is C10H8N6. The van der Waals surface area contributed by atoms with Gasteiger partial charge in [0.05, 0.1) is 0 Å². The SMILES string of the molecule is Nc1cccc(-c2nnc3cccnn23)n1. The van der Waals surface area contributed by atoms with E-state index >= 15 is 0 Å². The van der Waals surface area contributed by atoms with Gasteiger partial charge in [-0.2, -0.15) is 9.61 Å². The van der Waals surface area contributed by atoms with E-state index in [4.69, 9.17) is 5.73 Å². The highest BCUT2D eigenvalue weighted by Gasteiger charge is 2.09. The maximum absolute atomic E-state index is 5.62. The molecule has 3 heterocycles. The Balaban J connectivity index is 2.26. The third kappa shape index (κ3) is 1.28. The van der Waals surface area contributed by atoms with E-state index in [-0.39, 0.29) is 0 Å². The van der Waals surface area contributed by atoms with E-state index in [1.54, 1.807) is 22.8 Å². The van der Waals surface area contributed by atoms with Crippen LogP contribution in [0.2, 0.25) is 0 Å². The van der Waals surface area contributed by atoms with Gasteiger partial charge in [0.25, 0.3) is 0 Å². The van der Waals surface area contributed by atoms with Crippen molar-refractivity contribution in [2.24, 2.45) is 0 Å². The average Bonchev–Trinajstić information content (AvgIpc) is 2.72. The van der Waals surface area contributed by atoms with Crippen LogP contribution in [0.1, 0.15) is 0 Å². The number of aromatic nitrogens is 5. The van der Waals surface area contributed by atoms with Crippen LogP contribution in [-0.2, 0) is 0 Å². The van der Waals surface area contributed by atoms with Crippen LogP contribution in [0.4, 0.5) is 5.82 Å². The number of nitrogen functional groups attached to an aromatic ring is 1. The lowest BCUT2D eigenvalue weighted by molar-refractivity contribution is 0.930. The number of hydrogen-bond donors (Lipinski definition) is 1. The molecule has 0 radical (unpaired) electrons. The van der Waals surface area contributed by atoms with Crippen molar-refractivity contribution in [3.63, 3.8) is 0 Å². The third-order valence-electron chi connectivity index (χ3n) is 2.18. The molecule has 0 saturated carbocycles. The number of hydrogen-bond acceptors (Lipinski definition) is 5. The predicted molar refractivity (Wildman–Crippen MR) is 58.4 cm³/mol. The van der Waals surface area contributed by atoms with Gasteiger partial charge in [-0.3, -0.25) is 0 Å². The molecule has 0 fully saturated rings. The fraction of sp³-hybridized carbons (Fsp3) is 0. The Morgan fingerprint density at radius 1 is 1.06 bits per heavy atom. The summed E-state index contributed by atoms with van der Waals surface area (Å²) in [6.45, 7) is 0. The summed E-state index contributed by atoms with van der Waals surface area (Å²) in [5.41, 5.74) is 6.96. The molecule has 0 aliphatic heterocycles. The Bertz CT molecular complexity index is 644. The molecule has 0 saturated heterocycles. The maximum atomic E-state index is 5.62. The molecule has 6 heteroatoms. The standard InChI is InChI=1S/C10H8N6/c11-8-4-1-3-7(13-8)10-15-14-9-5-2-6-12-16(9)10/h1-6H,(H2,11,13). The quantitative estimate of drug-likeness (QED) is 0.644. The van der Waals surface area contributed by atoms with E-state index in [9.17, 15) is 0 Å². The van der Waals surface area contributed by atoms with Gasteiger partial charge in [0.2, 0.25) is 5.82 Å². The highest BCUT2D eigenvalue weighted by atomic mass is 15.4. The molecule has 0 spiro atoms. The summed E-state index contributed by atoms with van der Waals surface area (Å²) in [4.78, 5) is 4.18. The van der Waals surface area contributed by atoms with Crippen LogP contribution in [0.5, 0.6) is 0 Å². The van der Waals surface area contributed by atoms with Crippen LogP contribution in [0.3, 0.4) is 0 Å². The highest BCUT2D eigenvalue weighted by molar-refractivity contribution is 5.56. The molecule has 6 nitrogen and oxygen atoms in total. The first kappa shape index (κ1) is 8.78. The molecule has 3 aromatic heterocycles. The van der Waals surface area contributed by atoms with Crippen LogP contribution in [-0.4, -0.2) is 24.8 Å². The number of nitrogens with zero attached hydrogens (tertiary/aromatic N) is 5. The van der Waals surface area contributed by atoms with Crippen LogP contribution < -0.4 is 5.73 Å². The fourth-order valence-corrected chi connectivity index (χ4v) is 1.48. The zero-order valence-electron chi connectivity index (χ0n) is 8.28. The minimum atomic E-state index is 0.449. The molecule has 0 bridgehead atoms. The van der Waals surface area contributed by atoms with Crippen molar-refractivity contribution in [2.45, 2.75) is 0 Å². The van der Waals surface area contributed by atoms with Crippen molar-refractivity contribution in [1.82, 2.24) is 24.8 Å². The van der Waals surface area contributed by atoms with Crippen LogP contribution in [0, 0.1) is 0 Å². The van der Waals surface area contributed by atoms with Gasteiger partial charge in [-0.15, -0.1) is 10.2 Å². The third-order valence-corrected chi connectivity index (χ3v) is 2.18. The van der Waals surface area contributed by atoms with Gasteiger partial charge >= 0.3 is 0 Å². The Morgan fingerprint density at radius 3 is 2.88 bits per heavy atom. The number of anilines is 1. The summed E-state index contributed by atoms with van der Waals surface area (Å²) < 4.78 is 1.63. The molecule has 0 aliphatic carbocycles. The summed E-state index contributed by atoms with van der Waals surface area (Å²) in [6, 6.07) is 9.00. The molecule has 0 aliphatic rings. The Kier molecular flexibility index (Phi) is 1.79. The van der Waals surface area contributed by atoms with Gasteiger partial charge in [0, 0.05) is 6.20 Å². The van der Waals surface area contributed by atoms with E-state index in [2.05, 4.69) is 20.3 Å². The zero-order chi connectivity index (χ0) is 11.0. The van der Waals surface area contributed by atoms with Crippen molar-refractivity contribution in [3.8, 4) is 11.5 Å². The van der Waals surface area contributed by atoms with Gasteiger partial charge in [-0.1, -0.05) is 6.07 Å². The number of nitrogens with two attached hydrogens (primary N) is 1. The summed E-state index contributed by atoms with van der Waals surface area (Å²) in [5, 5.41) is 12.2. The maximum Gasteiger partial charge on any atom is 0.203 e. The zero-order valence-corrected chi connectivity index (χ0v) is 8.28. The predicted octanol–water partition coefficient (Wildman–Crippen LogP) is 0.768. The molecule has 0 amide bonds. The fourth-order valence-electron chi connectivity index (χ4n) is 1.48. The topological polar surface area (TPSA) is 82.0 Å². The van der Waals surface area contributed by atoms with E-state index in [0.717, 1.165) is 0 Å². The van der Waals surface area contributed by atoms with Crippen molar-refractivity contribution in [2.75, 3.05) is 5.73 Å². The molecular weight excluding hydrogens is 204 g/mol. The first-order valence-electron chi connectivity index (χ1n) is 4.74. The van der Waals surface area contributed by atoms with Gasteiger partial charge in [-0.25, -0.2) is 4.98 Å². The number of rotatable bonds is 1. The Hall–Kier alpha value is -2.50. The molecule has 3 rings (SSSR count). The summed E-state index contributed by atoms with van der Waals surface area (Å²) in [7, 11) is 0. The highest BCUT2D eigenvalue weighted by Crippen LogP contribution is 2.15. The van der Waals surface area contributed by atoms with E-state index < -0.39 is 0 Å². The van der Waals surface area contributed by atoms with Crippen molar-refractivity contribution >= 4 is 11.5 Å². The second-order valence-electron chi connectivity index (χ2n) is 3.26. The smallest absolute Gasteiger partial charge is 0.203 e. The molecule has 0 unspecified atom stereocenters. The normalized spacial score (nSPS) is 10.8. The van der Waals surface area contributed by atoms with E-state index in [0.29, 0.717) is 23.0 Å². The van der Waals surface area contributed by atoms with Crippen molar-refractivity contribution in [1.29, 1.82) is 0 Å². The Morgan fingerprint density at radius 2 is 2.00 bits per heavy atom. The minimum absolute atomic E-state index is 0.449. The van der Waals surface area contributed by atoms with Gasteiger partial charge in [-0.05, 0) is 24.3 Å². The monoisotopic (exact) mass is 212 g/mol. The second-order valence-corrected chi connectivity index (χ2v) is 3.26. The van der Waals surface area contributed by atoms with Gasteiger partial charge in [0.1, 0.15) is 11.5 Å².